The maximum atomic E-state index is 5.69. The van der Waals surface area contributed by atoms with Crippen molar-refractivity contribution in [1.82, 2.24) is 5.43 Å². The van der Waals surface area contributed by atoms with Gasteiger partial charge in [0.1, 0.15) is 5.75 Å². The molecule has 0 saturated carbocycles. The fourth-order valence-electron chi connectivity index (χ4n) is 2.01. The smallest absolute Gasteiger partial charge is 0.123 e. The van der Waals surface area contributed by atoms with Crippen LogP contribution in [0.2, 0.25) is 0 Å². The van der Waals surface area contributed by atoms with Crippen molar-refractivity contribution in [1.29, 1.82) is 0 Å². The van der Waals surface area contributed by atoms with Gasteiger partial charge in [-0.1, -0.05) is 32.9 Å². The number of nitrogens with two attached hydrogens (primary N) is 1. The molecule has 0 aliphatic carbocycles. The van der Waals surface area contributed by atoms with Gasteiger partial charge in [0.05, 0.1) is 7.11 Å². The van der Waals surface area contributed by atoms with Crippen LogP contribution in [0.3, 0.4) is 0 Å². The Hall–Kier alpha value is -1.06. The minimum atomic E-state index is 0.139. The molecule has 0 aromatic heterocycles. The predicted molar refractivity (Wildman–Crippen MR) is 76.5 cm³/mol. The number of nitrogens with one attached hydrogen (secondary N) is 1. The molecule has 0 aliphatic rings. The second kappa shape index (κ2) is 6.21. The monoisotopic (exact) mass is 250 g/mol. The van der Waals surface area contributed by atoms with Crippen molar-refractivity contribution in [3.05, 3.63) is 29.3 Å². The van der Waals surface area contributed by atoms with Crippen LogP contribution < -0.4 is 16.0 Å². The van der Waals surface area contributed by atoms with Gasteiger partial charge in [0, 0.05) is 11.6 Å². The van der Waals surface area contributed by atoms with E-state index < -0.39 is 0 Å². The highest BCUT2D eigenvalue weighted by Gasteiger charge is 2.18. The first-order valence-corrected chi connectivity index (χ1v) is 6.48. The number of benzene rings is 1. The highest BCUT2D eigenvalue weighted by Crippen LogP contribution is 2.32. The first-order chi connectivity index (χ1) is 8.37. The van der Waals surface area contributed by atoms with E-state index in [1.54, 1.807) is 7.11 Å². The predicted octanol–water partition coefficient (Wildman–Crippen LogP) is 3.33. The Morgan fingerprint density at radius 1 is 1.33 bits per heavy atom. The molecule has 0 radical (unpaired) electrons. The van der Waals surface area contributed by atoms with Crippen molar-refractivity contribution in [2.75, 3.05) is 7.11 Å². The third kappa shape index (κ3) is 4.31. The lowest BCUT2D eigenvalue weighted by Gasteiger charge is -2.24. The molecule has 18 heavy (non-hydrogen) atoms. The van der Waals surface area contributed by atoms with Gasteiger partial charge < -0.3 is 4.74 Å². The highest BCUT2D eigenvalue weighted by molar-refractivity contribution is 5.39. The summed E-state index contributed by atoms with van der Waals surface area (Å²) >= 11 is 0. The highest BCUT2D eigenvalue weighted by atomic mass is 16.5. The number of hydrogen-bond acceptors (Lipinski definition) is 3. The lowest BCUT2D eigenvalue weighted by molar-refractivity contribution is 0.327. The SMILES string of the molecule is COc1cc(C)ccc1C(CCC(C)(C)C)NN. The molecule has 0 heterocycles. The summed E-state index contributed by atoms with van der Waals surface area (Å²) in [6.07, 6.45) is 2.11. The Balaban J connectivity index is 2.88. The number of ether oxygens (including phenoxy) is 1. The molecule has 0 spiro atoms. The molecule has 0 fully saturated rings. The van der Waals surface area contributed by atoms with Crippen LogP contribution in [0.1, 0.15) is 50.8 Å². The fourth-order valence-corrected chi connectivity index (χ4v) is 2.01. The van der Waals surface area contributed by atoms with E-state index in [2.05, 4.69) is 51.3 Å². The zero-order valence-electron chi connectivity index (χ0n) is 12.2. The molecule has 0 amide bonds. The van der Waals surface area contributed by atoms with Crippen LogP contribution in [0.25, 0.3) is 0 Å². The lowest BCUT2D eigenvalue weighted by Crippen LogP contribution is -2.29. The van der Waals surface area contributed by atoms with Crippen molar-refractivity contribution in [3.63, 3.8) is 0 Å². The van der Waals surface area contributed by atoms with E-state index in [1.807, 2.05) is 0 Å². The third-order valence-electron chi connectivity index (χ3n) is 3.15. The van der Waals surface area contributed by atoms with E-state index >= 15 is 0 Å². The summed E-state index contributed by atoms with van der Waals surface area (Å²) in [4.78, 5) is 0. The standard InChI is InChI=1S/C15H26N2O/c1-11-6-7-12(14(10-11)18-5)13(17-16)8-9-15(2,3)4/h6-7,10,13,17H,8-9,16H2,1-5H3. The number of aryl methyl sites for hydroxylation is 1. The molecule has 1 aromatic rings. The summed E-state index contributed by atoms with van der Waals surface area (Å²) in [5.41, 5.74) is 5.55. The number of methoxy groups -OCH3 is 1. The van der Waals surface area contributed by atoms with Crippen LogP contribution in [-0.2, 0) is 0 Å². The average Bonchev–Trinajstić information content (AvgIpc) is 2.29. The molecular formula is C15H26N2O. The van der Waals surface area contributed by atoms with E-state index in [0.29, 0.717) is 5.41 Å². The molecule has 1 aromatic carbocycles. The Labute approximate surface area is 111 Å². The summed E-state index contributed by atoms with van der Waals surface area (Å²) < 4.78 is 5.45. The normalized spacial score (nSPS) is 13.4. The summed E-state index contributed by atoms with van der Waals surface area (Å²) in [7, 11) is 1.70. The van der Waals surface area contributed by atoms with Gasteiger partial charge in [0.15, 0.2) is 0 Å². The van der Waals surface area contributed by atoms with Gasteiger partial charge in [-0.2, -0.15) is 0 Å². The van der Waals surface area contributed by atoms with Crippen molar-refractivity contribution in [3.8, 4) is 5.75 Å². The molecule has 102 valence electrons. The van der Waals surface area contributed by atoms with Gasteiger partial charge in [-0.3, -0.25) is 11.3 Å². The minimum Gasteiger partial charge on any atom is -0.496 e. The van der Waals surface area contributed by atoms with E-state index in [-0.39, 0.29) is 6.04 Å². The maximum Gasteiger partial charge on any atom is 0.123 e. The molecule has 1 unspecified atom stereocenters. The lowest BCUT2D eigenvalue weighted by atomic mass is 9.87. The molecule has 1 rings (SSSR count). The van der Waals surface area contributed by atoms with Gasteiger partial charge in [0.25, 0.3) is 0 Å². The van der Waals surface area contributed by atoms with Gasteiger partial charge in [0.2, 0.25) is 0 Å². The van der Waals surface area contributed by atoms with E-state index in [9.17, 15) is 0 Å². The number of hydrogen-bond donors (Lipinski definition) is 2. The molecule has 3 N–H and O–H groups in total. The fraction of sp³-hybridized carbons (Fsp3) is 0.600. The van der Waals surface area contributed by atoms with Gasteiger partial charge >= 0.3 is 0 Å². The van der Waals surface area contributed by atoms with E-state index in [1.165, 1.54) is 5.56 Å². The van der Waals surface area contributed by atoms with Crippen molar-refractivity contribution in [2.24, 2.45) is 11.3 Å². The van der Waals surface area contributed by atoms with Crippen LogP contribution in [0.15, 0.2) is 18.2 Å². The molecule has 3 heteroatoms. The zero-order valence-corrected chi connectivity index (χ0v) is 12.2. The Morgan fingerprint density at radius 3 is 2.50 bits per heavy atom. The van der Waals surface area contributed by atoms with Gasteiger partial charge in [-0.25, -0.2) is 0 Å². The van der Waals surface area contributed by atoms with E-state index in [4.69, 9.17) is 10.6 Å². The van der Waals surface area contributed by atoms with Crippen molar-refractivity contribution in [2.45, 2.75) is 46.6 Å². The summed E-state index contributed by atoms with van der Waals surface area (Å²) in [6.45, 7) is 8.79. The Bertz CT molecular complexity index is 383. The second-order valence-corrected chi connectivity index (χ2v) is 6.06. The molecule has 0 aliphatic heterocycles. The molecule has 0 bridgehead atoms. The van der Waals surface area contributed by atoms with Gasteiger partial charge in [-0.15, -0.1) is 0 Å². The van der Waals surface area contributed by atoms with Crippen LogP contribution >= 0.6 is 0 Å². The number of hydrazine groups is 1. The Morgan fingerprint density at radius 2 is 2.00 bits per heavy atom. The van der Waals surface area contributed by atoms with Crippen molar-refractivity contribution < 1.29 is 4.74 Å². The summed E-state index contributed by atoms with van der Waals surface area (Å²) in [6, 6.07) is 6.39. The van der Waals surface area contributed by atoms with Crippen LogP contribution in [0, 0.1) is 12.3 Å². The van der Waals surface area contributed by atoms with Crippen LogP contribution in [0.5, 0.6) is 5.75 Å². The molecule has 0 saturated heterocycles. The second-order valence-electron chi connectivity index (χ2n) is 6.06. The zero-order chi connectivity index (χ0) is 13.8. The Kier molecular flexibility index (Phi) is 5.17. The van der Waals surface area contributed by atoms with E-state index in [0.717, 1.165) is 24.2 Å². The van der Waals surface area contributed by atoms with Crippen molar-refractivity contribution >= 4 is 0 Å². The summed E-state index contributed by atoms with van der Waals surface area (Å²) in [5, 5.41) is 0. The average molecular weight is 250 g/mol. The topological polar surface area (TPSA) is 47.3 Å². The number of rotatable bonds is 5. The minimum absolute atomic E-state index is 0.139. The van der Waals surface area contributed by atoms with Crippen LogP contribution in [-0.4, -0.2) is 7.11 Å². The third-order valence-corrected chi connectivity index (χ3v) is 3.15. The maximum absolute atomic E-state index is 5.69. The summed E-state index contributed by atoms with van der Waals surface area (Å²) in [5.74, 6) is 6.60. The largest absolute Gasteiger partial charge is 0.496 e. The quantitative estimate of drug-likeness (QED) is 0.622. The van der Waals surface area contributed by atoms with Gasteiger partial charge in [-0.05, 0) is 36.8 Å². The molecule has 1 atom stereocenters. The van der Waals surface area contributed by atoms with Crippen LogP contribution in [0.4, 0.5) is 0 Å². The molecule has 3 nitrogen and oxygen atoms in total. The first kappa shape index (κ1) is 15.0. The first-order valence-electron chi connectivity index (χ1n) is 6.48. The molecular weight excluding hydrogens is 224 g/mol.